The van der Waals surface area contributed by atoms with Crippen LogP contribution in [0.4, 0.5) is 4.39 Å². The third kappa shape index (κ3) is 4.48. The number of hydrogen-bond acceptors (Lipinski definition) is 4. The number of halogens is 1. The number of hydrogen-bond donors (Lipinski definition) is 3. The number of carbonyl (C=O) groups is 1. The van der Waals surface area contributed by atoms with Gasteiger partial charge in [-0.15, -0.1) is 0 Å². The van der Waals surface area contributed by atoms with Gasteiger partial charge in [-0.3, -0.25) is 0 Å². The Balaban J connectivity index is 3.10. The van der Waals surface area contributed by atoms with Crippen LogP contribution < -0.4 is 4.72 Å². The third-order valence-electron chi connectivity index (χ3n) is 3.02. The molecule has 0 bridgehead atoms. The van der Waals surface area contributed by atoms with E-state index in [0.717, 1.165) is 12.1 Å². The van der Waals surface area contributed by atoms with Gasteiger partial charge in [0.15, 0.2) is 0 Å². The maximum Gasteiger partial charge on any atom is 0.335 e. The SMILES string of the molecule is CC(C)C(CCO)NS(=O)(=O)c1ccc(C(=O)O)cc1F. The lowest BCUT2D eigenvalue weighted by molar-refractivity contribution is 0.0696. The molecular weight excluding hydrogens is 301 g/mol. The summed E-state index contributed by atoms with van der Waals surface area (Å²) in [6, 6.07) is 2.06. The van der Waals surface area contributed by atoms with Crippen molar-refractivity contribution in [3.63, 3.8) is 0 Å². The average molecular weight is 319 g/mol. The molecule has 1 aromatic carbocycles. The fourth-order valence-electron chi connectivity index (χ4n) is 1.78. The van der Waals surface area contributed by atoms with E-state index in [-0.39, 0.29) is 24.5 Å². The zero-order valence-electron chi connectivity index (χ0n) is 11.7. The Bertz CT molecular complexity index is 615. The molecule has 1 unspecified atom stereocenters. The van der Waals surface area contributed by atoms with Gasteiger partial charge in [0.05, 0.1) is 5.56 Å². The molecule has 1 atom stereocenters. The predicted octanol–water partition coefficient (Wildman–Crippen LogP) is 1.21. The molecule has 0 fully saturated rings. The van der Waals surface area contributed by atoms with Gasteiger partial charge in [0.25, 0.3) is 0 Å². The van der Waals surface area contributed by atoms with Crippen LogP contribution in [0.2, 0.25) is 0 Å². The minimum Gasteiger partial charge on any atom is -0.478 e. The molecule has 0 aromatic heterocycles. The summed E-state index contributed by atoms with van der Waals surface area (Å²) in [7, 11) is -4.13. The van der Waals surface area contributed by atoms with Crippen molar-refractivity contribution in [3.05, 3.63) is 29.6 Å². The summed E-state index contributed by atoms with van der Waals surface area (Å²) in [5, 5.41) is 17.7. The fraction of sp³-hybridized carbons (Fsp3) is 0.462. The van der Waals surface area contributed by atoms with E-state index in [4.69, 9.17) is 10.2 Å². The molecule has 0 radical (unpaired) electrons. The molecule has 0 aliphatic heterocycles. The number of sulfonamides is 1. The number of aliphatic hydroxyl groups excluding tert-OH is 1. The Kier molecular flexibility index (Phi) is 5.82. The largest absolute Gasteiger partial charge is 0.478 e. The van der Waals surface area contributed by atoms with E-state index in [9.17, 15) is 17.6 Å². The first-order valence-corrected chi connectivity index (χ1v) is 7.83. The number of aromatic carboxylic acids is 1. The molecule has 0 aliphatic rings. The summed E-state index contributed by atoms with van der Waals surface area (Å²) in [6.07, 6.45) is 0.200. The second-order valence-corrected chi connectivity index (χ2v) is 6.62. The molecule has 0 heterocycles. The average Bonchev–Trinajstić information content (AvgIpc) is 2.37. The summed E-state index contributed by atoms with van der Waals surface area (Å²) in [5.41, 5.74) is -0.331. The van der Waals surface area contributed by atoms with Gasteiger partial charge >= 0.3 is 5.97 Å². The van der Waals surface area contributed by atoms with Gasteiger partial charge in [0.2, 0.25) is 10.0 Å². The monoisotopic (exact) mass is 319 g/mol. The Morgan fingerprint density at radius 2 is 2.00 bits per heavy atom. The highest BCUT2D eigenvalue weighted by Gasteiger charge is 2.25. The van der Waals surface area contributed by atoms with E-state index < -0.39 is 32.7 Å². The van der Waals surface area contributed by atoms with Crippen LogP contribution in [-0.2, 0) is 10.0 Å². The molecule has 0 aliphatic carbocycles. The first-order valence-electron chi connectivity index (χ1n) is 6.35. The zero-order valence-corrected chi connectivity index (χ0v) is 12.5. The van der Waals surface area contributed by atoms with Crippen molar-refractivity contribution in [2.45, 2.75) is 31.2 Å². The van der Waals surface area contributed by atoms with E-state index in [1.165, 1.54) is 0 Å². The quantitative estimate of drug-likeness (QED) is 0.701. The summed E-state index contributed by atoms with van der Waals surface area (Å²) in [4.78, 5) is 10.1. The first-order chi connectivity index (χ1) is 9.69. The molecule has 0 spiro atoms. The molecule has 0 saturated carbocycles. The maximum absolute atomic E-state index is 13.8. The number of rotatable bonds is 7. The molecule has 1 aromatic rings. The highest BCUT2D eigenvalue weighted by Crippen LogP contribution is 2.18. The van der Waals surface area contributed by atoms with Crippen LogP contribution in [0.15, 0.2) is 23.1 Å². The minimum absolute atomic E-state index is 0.0896. The van der Waals surface area contributed by atoms with Crippen molar-refractivity contribution in [2.24, 2.45) is 5.92 Å². The summed E-state index contributed by atoms with van der Waals surface area (Å²) < 4.78 is 40.4. The lowest BCUT2D eigenvalue weighted by Crippen LogP contribution is -2.39. The molecular formula is C13H18FNO5S. The fourth-order valence-corrected chi connectivity index (χ4v) is 3.26. The van der Waals surface area contributed by atoms with Crippen molar-refractivity contribution in [2.75, 3.05) is 6.61 Å². The second-order valence-electron chi connectivity index (χ2n) is 4.93. The van der Waals surface area contributed by atoms with Crippen molar-refractivity contribution in [1.82, 2.24) is 4.72 Å². The highest BCUT2D eigenvalue weighted by atomic mass is 32.2. The second kappa shape index (κ2) is 6.97. The first kappa shape index (κ1) is 17.5. The number of benzene rings is 1. The normalized spacial score (nSPS) is 13.4. The van der Waals surface area contributed by atoms with Crippen LogP contribution in [0, 0.1) is 11.7 Å². The van der Waals surface area contributed by atoms with Crippen LogP contribution in [0.1, 0.15) is 30.6 Å². The number of nitrogens with one attached hydrogen (secondary N) is 1. The molecule has 8 heteroatoms. The Morgan fingerprint density at radius 3 is 2.43 bits per heavy atom. The van der Waals surface area contributed by atoms with Crippen LogP contribution >= 0.6 is 0 Å². The number of carboxylic acid groups (broad SMARTS) is 1. The molecule has 3 N–H and O–H groups in total. The van der Waals surface area contributed by atoms with Gasteiger partial charge < -0.3 is 10.2 Å². The van der Waals surface area contributed by atoms with Gasteiger partial charge in [-0.2, -0.15) is 0 Å². The van der Waals surface area contributed by atoms with Crippen molar-refractivity contribution >= 4 is 16.0 Å². The summed E-state index contributed by atoms with van der Waals surface area (Å²) in [5.74, 6) is -2.56. The zero-order chi connectivity index (χ0) is 16.2. The van der Waals surface area contributed by atoms with Crippen LogP contribution in [0.5, 0.6) is 0 Å². The molecule has 1 rings (SSSR count). The lowest BCUT2D eigenvalue weighted by atomic mass is 10.0. The Morgan fingerprint density at radius 1 is 1.38 bits per heavy atom. The van der Waals surface area contributed by atoms with Gasteiger partial charge in [-0.25, -0.2) is 22.3 Å². The maximum atomic E-state index is 13.8. The van der Waals surface area contributed by atoms with E-state index in [0.29, 0.717) is 6.07 Å². The smallest absolute Gasteiger partial charge is 0.335 e. The van der Waals surface area contributed by atoms with Gasteiger partial charge in [-0.05, 0) is 30.5 Å². The summed E-state index contributed by atoms with van der Waals surface area (Å²) in [6.45, 7) is 3.34. The van der Waals surface area contributed by atoms with Gasteiger partial charge in [-0.1, -0.05) is 13.8 Å². The topological polar surface area (TPSA) is 104 Å². The molecule has 0 saturated heterocycles. The van der Waals surface area contributed by atoms with Crippen LogP contribution in [0.3, 0.4) is 0 Å². The summed E-state index contributed by atoms with van der Waals surface area (Å²) >= 11 is 0. The van der Waals surface area contributed by atoms with Gasteiger partial charge in [0.1, 0.15) is 10.7 Å². The molecule has 0 amide bonds. The molecule has 6 nitrogen and oxygen atoms in total. The lowest BCUT2D eigenvalue weighted by Gasteiger charge is -2.21. The van der Waals surface area contributed by atoms with E-state index in [2.05, 4.69) is 4.72 Å². The van der Waals surface area contributed by atoms with Crippen LogP contribution in [-0.4, -0.2) is 37.2 Å². The number of carboxylic acids is 1. The standard InChI is InChI=1S/C13H18FNO5S/c1-8(2)11(5-6-16)15-21(19,20)12-4-3-9(13(17)18)7-10(12)14/h3-4,7-8,11,15-16H,5-6H2,1-2H3,(H,17,18). The van der Waals surface area contributed by atoms with Crippen molar-refractivity contribution in [1.29, 1.82) is 0 Å². The van der Waals surface area contributed by atoms with E-state index in [1.54, 1.807) is 13.8 Å². The van der Waals surface area contributed by atoms with Gasteiger partial charge in [0, 0.05) is 12.6 Å². The predicted molar refractivity (Wildman–Crippen MR) is 74.0 cm³/mol. The molecule has 118 valence electrons. The highest BCUT2D eigenvalue weighted by molar-refractivity contribution is 7.89. The van der Waals surface area contributed by atoms with E-state index in [1.807, 2.05) is 0 Å². The Hall–Kier alpha value is -1.51. The third-order valence-corrected chi connectivity index (χ3v) is 4.54. The Labute approximate surface area is 122 Å². The van der Waals surface area contributed by atoms with E-state index >= 15 is 0 Å². The molecule has 21 heavy (non-hydrogen) atoms. The minimum atomic E-state index is -4.13. The van der Waals surface area contributed by atoms with Crippen LogP contribution in [0.25, 0.3) is 0 Å². The van der Waals surface area contributed by atoms with Crippen molar-refractivity contribution < 1.29 is 27.8 Å². The number of aliphatic hydroxyl groups is 1. The van der Waals surface area contributed by atoms with Crippen molar-refractivity contribution in [3.8, 4) is 0 Å².